The fourth-order valence-electron chi connectivity index (χ4n) is 2.33. The number of benzene rings is 1. The highest BCUT2D eigenvalue weighted by molar-refractivity contribution is 5.75. The summed E-state index contributed by atoms with van der Waals surface area (Å²) >= 11 is 0. The van der Waals surface area contributed by atoms with Gasteiger partial charge in [-0.25, -0.2) is 4.39 Å². The molecule has 2 aromatic rings. The van der Waals surface area contributed by atoms with Crippen molar-refractivity contribution in [1.82, 2.24) is 15.5 Å². The van der Waals surface area contributed by atoms with E-state index in [2.05, 4.69) is 20.8 Å². The van der Waals surface area contributed by atoms with Gasteiger partial charge in [0, 0.05) is 31.3 Å². The molecule has 144 valence electrons. The molecule has 27 heavy (non-hydrogen) atoms. The zero-order chi connectivity index (χ0) is 19.9. The summed E-state index contributed by atoms with van der Waals surface area (Å²) in [6.45, 7) is 6.78. The van der Waals surface area contributed by atoms with Gasteiger partial charge in [-0.15, -0.1) is 0 Å². The highest BCUT2D eigenvalue weighted by atomic mass is 19.1. The lowest BCUT2D eigenvalue weighted by atomic mass is 9.96. The van der Waals surface area contributed by atoms with Crippen molar-refractivity contribution in [3.63, 3.8) is 0 Å². The van der Waals surface area contributed by atoms with Crippen LogP contribution < -0.4 is 10.6 Å². The topological polar surface area (TPSA) is 104 Å². The monoisotopic (exact) mass is 373 g/mol. The molecule has 0 radical (unpaired) electrons. The second-order valence-corrected chi connectivity index (χ2v) is 7.17. The fraction of sp³-hybridized carbons (Fsp3) is 0.474. The Bertz CT molecular complexity index is 820. The first-order valence-electron chi connectivity index (χ1n) is 8.83. The fourth-order valence-corrected chi connectivity index (χ4v) is 2.33. The number of amides is 1. The van der Waals surface area contributed by atoms with Crippen LogP contribution in [0.25, 0.3) is 0 Å². The average molecular weight is 373 g/mol. The molecule has 8 heteroatoms. The highest BCUT2D eigenvalue weighted by Crippen LogP contribution is 2.19. The lowest BCUT2D eigenvalue weighted by Crippen LogP contribution is -2.28. The van der Waals surface area contributed by atoms with Crippen molar-refractivity contribution in [2.75, 3.05) is 18.4 Å². The van der Waals surface area contributed by atoms with E-state index in [1.807, 2.05) is 26.8 Å². The number of aryl methyl sites for hydroxylation is 1. The van der Waals surface area contributed by atoms with Crippen LogP contribution in [-0.2, 0) is 16.6 Å². The first-order chi connectivity index (χ1) is 12.8. The van der Waals surface area contributed by atoms with Crippen LogP contribution in [0.4, 0.5) is 10.1 Å². The third-order valence-electron chi connectivity index (χ3n) is 3.82. The van der Waals surface area contributed by atoms with Crippen molar-refractivity contribution >= 4 is 11.6 Å². The molecule has 0 bridgehead atoms. The van der Waals surface area contributed by atoms with E-state index in [1.54, 1.807) is 6.07 Å². The van der Waals surface area contributed by atoms with Crippen molar-refractivity contribution in [1.29, 1.82) is 5.26 Å². The Labute approximate surface area is 158 Å². The highest BCUT2D eigenvalue weighted by Gasteiger charge is 2.20. The van der Waals surface area contributed by atoms with Crippen molar-refractivity contribution in [2.45, 2.75) is 45.4 Å². The molecule has 0 aliphatic carbocycles. The summed E-state index contributed by atoms with van der Waals surface area (Å²) in [6, 6.07) is 6.21. The number of hydrogen-bond acceptors (Lipinski definition) is 6. The number of carbonyl (C=O) groups is 1. The van der Waals surface area contributed by atoms with Crippen LogP contribution in [0.2, 0.25) is 0 Å². The number of nitrogens with zero attached hydrogens (tertiary/aromatic N) is 3. The van der Waals surface area contributed by atoms with E-state index in [0.29, 0.717) is 49.8 Å². The Balaban J connectivity index is 1.66. The Morgan fingerprint density at radius 1 is 1.33 bits per heavy atom. The third-order valence-corrected chi connectivity index (χ3v) is 3.82. The van der Waals surface area contributed by atoms with Gasteiger partial charge in [0.05, 0.1) is 5.69 Å². The van der Waals surface area contributed by atoms with Crippen LogP contribution in [0.1, 0.15) is 50.9 Å². The smallest absolute Gasteiger partial charge is 0.226 e. The zero-order valence-corrected chi connectivity index (χ0v) is 15.8. The number of anilines is 1. The van der Waals surface area contributed by atoms with E-state index in [-0.39, 0.29) is 16.9 Å². The van der Waals surface area contributed by atoms with Crippen molar-refractivity contribution in [3.8, 4) is 6.07 Å². The molecule has 0 saturated heterocycles. The van der Waals surface area contributed by atoms with E-state index in [9.17, 15) is 9.18 Å². The van der Waals surface area contributed by atoms with Crippen LogP contribution in [0.15, 0.2) is 22.7 Å². The quantitative estimate of drug-likeness (QED) is 0.690. The second kappa shape index (κ2) is 9.12. The van der Waals surface area contributed by atoms with Crippen LogP contribution in [0.3, 0.4) is 0 Å². The van der Waals surface area contributed by atoms with E-state index in [1.165, 1.54) is 12.1 Å². The van der Waals surface area contributed by atoms with Gasteiger partial charge in [0.15, 0.2) is 5.82 Å². The molecule has 1 amide bonds. The molecule has 1 aromatic heterocycles. The number of carbonyl (C=O) groups excluding carboxylic acids is 1. The van der Waals surface area contributed by atoms with Gasteiger partial charge in [-0.05, 0) is 18.6 Å². The van der Waals surface area contributed by atoms with Crippen LogP contribution in [0.5, 0.6) is 0 Å². The lowest BCUT2D eigenvalue weighted by Gasteiger charge is -2.10. The van der Waals surface area contributed by atoms with Crippen LogP contribution >= 0.6 is 0 Å². The largest absolute Gasteiger partial charge is 0.382 e. The van der Waals surface area contributed by atoms with E-state index in [0.717, 1.165) is 0 Å². The molecule has 0 unspecified atom stereocenters. The number of halogens is 1. The van der Waals surface area contributed by atoms with Gasteiger partial charge in [0.2, 0.25) is 11.8 Å². The van der Waals surface area contributed by atoms with E-state index >= 15 is 0 Å². The normalized spacial score (nSPS) is 11.1. The van der Waals surface area contributed by atoms with Gasteiger partial charge in [0.1, 0.15) is 17.4 Å². The molecule has 2 N–H and O–H groups in total. The SMILES string of the molecule is CC(C)(C)c1noc(CCCC(=O)NCCNc2cccc(F)c2C#N)n1. The standard InChI is InChI=1S/C19H24FN5O2/c1-19(2,3)18-24-17(27-25-18)9-5-8-16(26)23-11-10-22-15-7-4-6-14(20)13(15)12-21/h4,6-7,22H,5,8-11H2,1-3H3,(H,23,26). The maximum Gasteiger partial charge on any atom is 0.226 e. The molecule has 0 saturated carbocycles. The Morgan fingerprint density at radius 3 is 2.78 bits per heavy atom. The average Bonchev–Trinajstić information content (AvgIpc) is 3.08. The van der Waals surface area contributed by atoms with Crippen LogP contribution in [-0.4, -0.2) is 29.1 Å². The molecule has 0 aliphatic heterocycles. The summed E-state index contributed by atoms with van der Waals surface area (Å²) in [7, 11) is 0. The first kappa shape index (κ1) is 20.4. The summed E-state index contributed by atoms with van der Waals surface area (Å²) < 4.78 is 18.7. The zero-order valence-electron chi connectivity index (χ0n) is 15.8. The summed E-state index contributed by atoms with van der Waals surface area (Å²) in [5.74, 6) is 0.529. The third kappa shape index (κ3) is 6.06. The van der Waals surface area contributed by atoms with Crippen molar-refractivity contribution < 1.29 is 13.7 Å². The predicted octanol–water partition coefficient (Wildman–Crippen LogP) is 2.93. The van der Waals surface area contributed by atoms with E-state index < -0.39 is 5.82 Å². The number of aromatic nitrogens is 2. The molecule has 2 rings (SSSR count). The van der Waals surface area contributed by atoms with E-state index in [4.69, 9.17) is 9.78 Å². The van der Waals surface area contributed by atoms with Gasteiger partial charge in [-0.2, -0.15) is 10.2 Å². The minimum absolute atomic E-state index is 0.0296. The molecular weight excluding hydrogens is 349 g/mol. The van der Waals surface area contributed by atoms with Crippen molar-refractivity contribution in [2.24, 2.45) is 0 Å². The number of nitriles is 1. The minimum atomic E-state index is -0.567. The Kier molecular flexibility index (Phi) is 6.88. The molecular formula is C19H24FN5O2. The molecule has 0 spiro atoms. The Morgan fingerprint density at radius 2 is 2.11 bits per heavy atom. The van der Waals surface area contributed by atoms with Gasteiger partial charge < -0.3 is 15.2 Å². The number of rotatable bonds is 8. The molecule has 0 fully saturated rings. The molecule has 1 heterocycles. The Hall–Kier alpha value is -2.95. The molecule has 0 atom stereocenters. The first-order valence-corrected chi connectivity index (χ1v) is 8.83. The number of nitrogens with one attached hydrogen (secondary N) is 2. The lowest BCUT2D eigenvalue weighted by molar-refractivity contribution is -0.121. The van der Waals surface area contributed by atoms with Gasteiger partial charge in [-0.1, -0.05) is 32.0 Å². The van der Waals surface area contributed by atoms with Gasteiger partial charge in [0.25, 0.3) is 0 Å². The second-order valence-electron chi connectivity index (χ2n) is 7.17. The maximum absolute atomic E-state index is 13.5. The number of hydrogen-bond donors (Lipinski definition) is 2. The summed E-state index contributed by atoms with van der Waals surface area (Å²) in [4.78, 5) is 16.2. The summed E-state index contributed by atoms with van der Waals surface area (Å²) in [5.41, 5.74) is 0.218. The molecule has 1 aromatic carbocycles. The molecule has 0 aliphatic rings. The van der Waals surface area contributed by atoms with Gasteiger partial charge >= 0.3 is 0 Å². The molecule has 7 nitrogen and oxygen atoms in total. The summed E-state index contributed by atoms with van der Waals surface area (Å²) in [6.07, 6.45) is 1.49. The van der Waals surface area contributed by atoms with Crippen LogP contribution in [0, 0.1) is 17.1 Å². The summed E-state index contributed by atoms with van der Waals surface area (Å²) in [5, 5.41) is 18.6. The minimum Gasteiger partial charge on any atom is -0.382 e. The van der Waals surface area contributed by atoms with Gasteiger partial charge in [-0.3, -0.25) is 4.79 Å². The predicted molar refractivity (Wildman–Crippen MR) is 98.6 cm³/mol. The maximum atomic E-state index is 13.5. The van der Waals surface area contributed by atoms with Crippen molar-refractivity contribution in [3.05, 3.63) is 41.3 Å².